The average Bonchev–Trinajstić information content (AvgIpc) is 3.24. The quantitative estimate of drug-likeness (QED) is 0.579. The molecule has 0 aromatic heterocycles. The molecule has 2 aliphatic heterocycles. The van der Waals surface area contributed by atoms with Gasteiger partial charge < -0.3 is 10.2 Å². The van der Waals surface area contributed by atoms with Gasteiger partial charge in [0.05, 0.1) is 5.37 Å². The predicted molar refractivity (Wildman–Crippen MR) is 140 cm³/mol. The van der Waals surface area contributed by atoms with Gasteiger partial charge in [0, 0.05) is 42.0 Å². The third kappa shape index (κ3) is 6.35. The summed E-state index contributed by atoms with van der Waals surface area (Å²) in [6, 6.07) is 17.2. The highest BCUT2D eigenvalue weighted by atomic mass is 35.5. The van der Waals surface area contributed by atoms with Gasteiger partial charge in [0.2, 0.25) is 5.91 Å². The van der Waals surface area contributed by atoms with E-state index in [9.17, 15) is 9.59 Å². The highest BCUT2D eigenvalue weighted by molar-refractivity contribution is 8.00. The van der Waals surface area contributed by atoms with Gasteiger partial charge in [0.25, 0.3) is 5.91 Å². The molecule has 2 saturated heterocycles. The van der Waals surface area contributed by atoms with Crippen molar-refractivity contribution in [2.45, 2.75) is 57.1 Å². The van der Waals surface area contributed by atoms with Crippen LogP contribution in [-0.4, -0.2) is 57.9 Å². The van der Waals surface area contributed by atoms with E-state index in [1.165, 1.54) is 5.56 Å². The third-order valence-corrected chi connectivity index (χ3v) is 8.14. The molecule has 2 heterocycles. The fourth-order valence-electron chi connectivity index (χ4n) is 4.74. The molecule has 7 heteroatoms. The largest absolute Gasteiger partial charge is 0.351 e. The van der Waals surface area contributed by atoms with Crippen LogP contribution in [-0.2, 0) is 11.3 Å². The Bertz CT molecular complexity index is 962. The highest BCUT2D eigenvalue weighted by Gasteiger charge is 2.42. The second-order valence-electron chi connectivity index (χ2n) is 9.70. The normalized spacial score (nSPS) is 21.7. The zero-order chi connectivity index (χ0) is 24.1. The van der Waals surface area contributed by atoms with Crippen molar-refractivity contribution in [3.05, 3.63) is 70.7 Å². The number of rotatable bonds is 7. The van der Waals surface area contributed by atoms with Crippen LogP contribution in [0.1, 0.15) is 49.0 Å². The number of benzene rings is 2. The standard InChI is InChI=1S/C27H34ClN3O2S/c1-19(2)16-25-31(27(33)21-8-10-22(28)11-9-21)24(18-34-25)26(32)29-23-12-14-30(15-13-23)17-20-6-4-3-5-7-20/h3-11,19,23-25H,12-18H2,1-2H3,(H,29,32). The number of hydrogen-bond donors (Lipinski definition) is 1. The first-order valence-corrected chi connectivity index (χ1v) is 13.6. The topological polar surface area (TPSA) is 52.7 Å². The lowest BCUT2D eigenvalue weighted by Crippen LogP contribution is -2.53. The summed E-state index contributed by atoms with van der Waals surface area (Å²) in [6.45, 7) is 7.18. The SMILES string of the molecule is CC(C)CC1SCC(C(=O)NC2CCN(Cc3ccccc3)CC2)N1C(=O)c1ccc(Cl)cc1. The number of nitrogens with zero attached hydrogens (tertiary/aromatic N) is 2. The summed E-state index contributed by atoms with van der Waals surface area (Å²) in [5.74, 6) is 0.955. The first-order valence-electron chi connectivity index (χ1n) is 12.2. The number of carbonyl (C=O) groups is 2. The molecule has 0 spiro atoms. The zero-order valence-electron chi connectivity index (χ0n) is 20.0. The number of nitrogens with one attached hydrogen (secondary N) is 1. The summed E-state index contributed by atoms with van der Waals surface area (Å²) < 4.78 is 0. The number of halogens is 1. The van der Waals surface area contributed by atoms with Gasteiger partial charge in [0.1, 0.15) is 6.04 Å². The Morgan fingerprint density at radius 3 is 2.38 bits per heavy atom. The summed E-state index contributed by atoms with van der Waals surface area (Å²) in [5, 5.41) is 3.87. The summed E-state index contributed by atoms with van der Waals surface area (Å²) in [5.41, 5.74) is 1.90. The molecule has 2 fully saturated rings. The van der Waals surface area contributed by atoms with Crippen LogP contribution >= 0.6 is 23.4 Å². The minimum absolute atomic E-state index is 0.00616. The Balaban J connectivity index is 1.38. The fourth-order valence-corrected chi connectivity index (χ4v) is 6.51. The van der Waals surface area contributed by atoms with Crippen LogP contribution < -0.4 is 5.32 Å². The molecule has 2 aromatic carbocycles. The summed E-state index contributed by atoms with van der Waals surface area (Å²) in [6.07, 6.45) is 2.73. The van der Waals surface area contributed by atoms with E-state index >= 15 is 0 Å². The molecular formula is C27H34ClN3O2S. The number of likely N-dealkylation sites (tertiary alicyclic amines) is 1. The molecule has 2 atom stereocenters. The van der Waals surface area contributed by atoms with E-state index in [-0.39, 0.29) is 23.2 Å². The van der Waals surface area contributed by atoms with Crippen LogP contribution in [0.25, 0.3) is 0 Å². The average molecular weight is 500 g/mol. The molecule has 0 aliphatic carbocycles. The maximum Gasteiger partial charge on any atom is 0.255 e. The van der Waals surface area contributed by atoms with Crippen molar-refractivity contribution in [1.82, 2.24) is 15.1 Å². The van der Waals surface area contributed by atoms with E-state index in [1.807, 2.05) is 11.0 Å². The molecule has 2 amide bonds. The molecule has 2 unspecified atom stereocenters. The number of amides is 2. The Morgan fingerprint density at radius 2 is 1.74 bits per heavy atom. The molecule has 0 radical (unpaired) electrons. The van der Waals surface area contributed by atoms with Crippen molar-refractivity contribution in [3.8, 4) is 0 Å². The summed E-state index contributed by atoms with van der Waals surface area (Å²) in [4.78, 5) is 31.1. The lowest BCUT2D eigenvalue weighted by molar-refractivity contribution is -0.126. The van der Waals surface area contributed by atoms with Crippen LogP contribution in [0, 0.1) is 5.92 Å². The lowest BCUT2D eigenvalue weighted by Gasteiger charge is -2.34. The van der Waals surface area contributed by atoms with Gasteiger partial charge in [-0.05, 0) is 55.0 Å². The maximum atomic E-state index is 13.5. The Kier molecular flexibility index (Phi) is 8.56. The van der Waals surface area contributed by atoms with Crippen LogP contribution in [0.5, 0.6) is 0 Å². The van der Waals surface area contributed by atoms with E-state index in [1.54, 1.807) is 36.0 Å². The lowest BCUT2D eigenvalue weighted by atomic mass is 10.0. The Morgan fingerprint density at radius 1 is 1.06 bits per heavy atom. The molecule has 5 nitrogen and oxygen atoms in total. The zero-order valence-corrected chi connectivity index (χ0v) is 21.5. The third-order valence-electron chi connectivity index (χ3n) is 6.58. The molecule has 182 valence electrons. The van der Waals surface area contributed by atoms with Gasteiger partial charge in [-0.15, -0.1) is 11.8 Å². The van der Waals surface area contributed by atoms with E-state index in [4.69, 9.17) is 11.6 Å². The molecule has 1 N–H and O–H groups in total. The minimum atomic E-state index is -0.445. The number of thioether (sulfide) groups is 1. The molecule has 2 aromatic rings. The predicted octanol–water partition coefficient (Wildman–Crippen LogP) is 5.05. The molecule has 4 rings (SSSR count). The second-order valence-corrected chi connectivity index (χ2v) is 11.3. The summed E-state index contributed by atoms with van der Waals surface area (Å²) in [7, 11) is 0. The second kappa shape index (κ2) is 11.6. The van der Waals surface area contributed by atoms with Crippen molar-refractivity contribution in [2.75, 3.05) is 18.8 Å². The maximum absolute atomic E-state index is 13.5. The molecule has 0 saturated carbocycles. The van der Waals surface area contributed by atoms with Gasteiger partial charge >= 0.3 is 0 Å². The Labute approximate surface area is 212 Å². The first kappa shape index (κ1) is 25.1. The van der Waals surface area contributed by atoms with Crippen molar-refractivity contribution in [3.63, 3.8) is 0 Å². The van der Waals surface area contributed by atoms with E-state index < -0.39 is 6.04 Å². The van der Waals surface area contributed by atoms with Crippen LogP contribution in [0.15, 0.2) is 54.6 Å². The highest BCUT2D eigenvalue weighted by Crippen LogP contribution is 2.35. The van der Waals surface area contributed by atoms with Crippen molar-refractivity contribution in [2.24, 2.45) is 5.92 Å². The van der Waals surface area contributed by atoms with E-state index in [0.717, 1.165) is 38.9 Å². The van der Waals surface area contributed by atoms with Crippen molar-refractivity contribution < 1.29 is 9.59 Å². The van der Waals surface area contributed by atoms with Gasteiger partial charge in [-0.25, -0.2) is 0 Å². The van der Waals surface area contributed by atoms with Crippen LogP contribution in [0.2, 0.25) is 5.02 Å². The van der Waals surface area contributed by atoms with E-state index in [0.29, 0.717) is 22.3 Å². The minimum Gasteiger partial charge on any atom is -0.351 e. The molecule has 2 aliphatic rings. The van der Waals surface area contributed by atoms with Crippen LogP contribution in [0.3, 0.4) is 0 Å². The smallest absolute Gasteiger partial charge is 0.255 e. The van der Waals surface area contributed by atoms with E-state index in [2.05, 4.69) is 48.3 Å². The van der Waals surface area contributed by atoms with Gasteiger partial charge in [0.15, 0.2) is 0 Å². The van der Waals surface area contributed by atoms with Gasteiger partial charge in [-0.1, -0.05) is 55.8 Å². The molecule has 34 heavy (non-hydrogen) atoms. The monoisotopic (exact) mass is 499 g/mol. The fraction of sp³-hybridized carbons (Fsp3) is 0.481. The van der Waals surface area contributed by atoms with Gasteiger partial charge in [-0.2, -0.15) is 0 Å². The van der Waals surface area contributed by atoms with Crippen molar-refractivity contribution in [1.29, 1.82) is 0 Å². The summed E-state index contributed by atoms with van der Waals surface area (Å²) >= 11 is 7.74. The number of carbonyl (C=O) groups excluding carboxylic acids is 2. The van der Waals surface area contributed by atoms with Crippen molar-refractivity contribution >= 4 is 35.2 Å². The van der Waals surface area contributed by atoms with Crippen LogP contribution in [0.4, 0.5) is 0 Å². The number of piperidine rings is 1. The molecular weight excluding hydrogens is 466 g/mol. The molecule has 0 bridgehead atoms. The Hall–Kier alpha value is -2.02. The first-order chi connectivity index (χ1) is 16.4. The van der Waals surface area contributed by atoms with Gasteiger partial charge in [-0.3, -0.25) is 14.5 Å². The number of hydrogen-bond acceptors (Lipinski definition) is 4.